The summed E-state index contributed by atoms with van der Waals surface area (Å²) in [4.78, 5) is 22.8. The van der Waals surface area contributed by atoms with Gasteiger partial charge in [0.25, 0.3) is 0 Å². The molecule has 10 heteroatoms. The second-order valence-corrected chi connectivity index (χ2v) is 4.27. The van der Waals surface area contributed by atoms with Gasteiger partial charge < -0.3 is 15.0 Å². The second-order valence-electron chi connectivity index (χ2n) is 4.27. The standard InChI is InChI=1S/C11H12F3N3O4/c1-16(2)6-10(18)15-7-3-4-9(21-11(12,13)14)8(5-7)17(19)20/h3-5H,6H2,1-2H3,(H,15,18). The van der Waals surface area contributed by atoms with E-state index in [0.29, 0.717) is 0 Å². The lowest BCUT2D eigenvalue weighted by Gasteiger charge is -2.12. The number of carbonyl (C=O) groups is 1. The number of ether oxygens (including phenoxy) is 1. The molecular weight excluding hydrogens is 295 g/mol. The van der Waals surface area contributed by atoms with Crippen LogP contribution in [0.4, 0.5) is 24.5 Å². The van der Waals surface area contributed by atoms with Crippen molar-refractivity contribution in [3.63, 3.8) is 0 Å². The number of hydrogen-bond acceptors (Lipinski definition) is 5. The molecule has 1 aromatic carbocycles. The zero-order chi connectivity index (χ0) is 16.2. The third-order valence-corrected chi connectivity index (χ3v) is 2.12. The number of halogens is 3. The molecule has 1 rings (SSSR count). The molecule has 0 aliphatic rings. The molecule has 0 unspecified atom stereocenters. The summed E-state index contributed by atoms with van der Waals surface area (Å²) in [7, 11) is 3.28. The van der Waals surface area contributed by atoms with Gasteiger partial charge in [-0.15, -0.1) is 13.2 Å². The van der Waals surface area contributed by atoms with Gasteiger partial charge in [0.1, 0.15) is 0 Å². The van der Waals surface area contributed by atoms with Gasteiger partial charge in [-0.3, -0.25) is 14.9 Å². The summed E-state index contributed by atoms with van der Waals surface area (Å²) in [6.07, 6.45) is -5.04. The first kappa shape index (κ1) is 16.7. The third-order valence-electron chi connectivity index (χ3n) is 2.12. The molecule has 1 amide bonds. The Morgan fingerprint density at radius 3 is 2.52 bits per heavy atom. The Balaban J connectivity index is 2.98. The highest BCUT2D eigenvalue weighted by atomic mass is 19.4. The van der Waals surface area contributed by atoms with Crippen molar-refractivity contribution < 1.29 is 27.6 Å². The number of nitro groups is 1. The Bertz CT molecular complexity index is 546. The number of hydrogen-bond donors (Lipinski definition) is 1. The molecule has 0 aromatic heterocycles. The van der Waals surface area contributed by atoms with E-state index in [0.717, 1.165) is 18.2 Å². The minimum atomic E-state index is -5.04. The Labute approximate surface area is 117 Å². The van der Waals surface area contributed by atoms with Gasteiger partial charge in [-0.05, 0) is 26.2 Å². The van der Waals surface area contributed by atoms with Crippen molar-refractivity contribution in [2.45, 2.75) is 6.36 Å². The maximum atomic E-state index is 12.1. The fourth-order valence-corrected chi connectivity index (χ4v) is 1.44. The summed E-state index contributed by atoms with van der Waals surface area (Å²) >= 11 is 0. The van der Waals surface area contributed by atoms with Crippen molar-refractivity contribution in [1.82, 2.24) is 4.90 Å². The molecule has 0 atom stereocenters. The quantitative estimate of drug-likeness (QED) is 0.664. The number of amides is 1. The average molecular weight is 307 g/mol. The van der Waals surface area contributed by atoms with Crippen LogP contribution in [-0.4, -0.2) is 42.7 Å². The molecule has 0 radical (unpaired) electrons. The summed E-state index contributed by atoms with van der Waals surface area (Å²) in [5, 5.41) is 13.1. The Kier molecular flexibility index (Phi) is 5.08. The predicted octanol–water partition coefficient (Wildman–Crippen LogP) is 1.99. The van der Waals surface area contributed by atoms with Crippen molar-refractivity contribution in [3.8, 4) is 5.75 Å². The summed E-state index contributed by atoms with van der Waals surface area (Å²) in [6, 6.07) is 2.66. The van der Waals surface area contributed by atoms with Crippen LogP contribution in [-0.2, 0) is 4.79 Å². The molecule has 0 aliphatic heterocycles. The fraction of sp³-hybridized carbons (Fsp3) is 0.364. The minimum Gasteiger partial charge on any atom is -0.398 e. The van der Waals surface area contributed by atoms with Crippen LogP contribution in [0.5, 0.6) is 5.75 Å². The van der Waals surface area contributed by atoms with Crippen LogP contribution in [0, 0.1) is 10.1 Å². The molecule has 7 nitrogen and oxygen atoms in total. The summed E-state index contributed by atoms with van der Waals surface area (Å²) in [6.45, 7) is 0.0224. The SMILES string of the molecule is CN(C)CC(=O)Nc1ccc(OC(F)(F)F)c([N+](=O)[O-])c1. The van der Waals surface area contributed by atoms with E-state index in [1.54, 1.807) is 19.0 Å². The molecule has 0 saturated heterocycles. The summed E-state index contributed by atoms with van der Waals surface area (Å²) < 4.78 is 39.9. The van der Waals surface area contributed by atoms with E-state index in [9.17, 15) is 28.1 Å². The Morgan fingerprint density at radius 1 is 1.43 bits per heavy atom. The van der Waals surface area contributed by atoms with Gasteiger partial charge in [0.05, 0.1) is 11.5 Å². The maximum Gasteiger partial charge on any atom is 0.573 e. The molecule has 1 N–H and O–H groups in total. The van der Waals surface area contributed by atoms with Gasteiger partial charge in [-0.25, -0.2) is 0 Å². The van der Waals surface area contributed by atoms with Crippen LogP contribution in [0.1, 0.15) is 0 Å². The predicted molar refractivity (Wildman–Crippen MR) is 67.0 cm³/mol. The number of likely N-dealkylation sites (N-methyl/N-ethyl adjacent to an activating group) is 1. The van der Waals surface area contributed by atoms with Gasteiger partial charge in [0.15, 0.2) is 0 Å². The lowest BCUT2D eigenvalue weighted by Crippen LogP contribution is -2.27. The molecular formula is C11H12F3N3O4. The van der Waals surface area contributed by atoms with Crippen LogP contribution in [0.25, 0.3) is 0 Å². The van der Waals surface area contributed by atoms with E-state index in [2.05, 4.69) is 10.1 Å². The number of anilines is 1. The number of rotatable bonds is 5. The topological polar surface area (TPSA) is 84.7 Å². The van der Waals surface area contributed by atoms with E-state index < -0.39 is 28.6 Å². The van der Waals surface area contributed by atoms with E-state index >= 15 is 0 Å². The number of carbonyl (C=O) groups excluding carboxylic acids is 1. The second kappa shape index (κ2) is 6.39. The van der Waals surface area contributed by atoms with Gasteiger partial charge >= 0.3 is 12.0 Å². The maximum absolute atomic E-state index is 12.1. The van der Waals surface area contributed by atoms with Crippen molar-refractivity contribution in [3.05, 3.63) is 28.3 Å². The molecule has 0 bridgehead atoms. The van der Waals surface area contributed by atoms with Crippen LogP contribution >= 0.6 is 0 Å². The van der Waals surface area contributed by atoms with Crippen molar-refractivity contribution in [2.24, 2.45) is 0 Å². The minimum absolute atomic E-state index is 0.00285. The zero-order valence-corrected chi connectivity index (χ0v) is 11.1. The van der Waals surface area contributed by atoms with Gasteiger partial charge in [0.2, 0.25) is 11.7 Å². The van der Waals surface area contributed by atoms with Gasteiger partial charge in [-0.1, -0.05) is 0 Å². The first-order chi connectivity index (χ1) is 9.58. The highest BCUT2D eigenvalue weighted by Gasteiger charge is 2.34. The molecule has 0 fully saturated rings. The van der Waals surface area contributed by atoms with E-state index in [-0.39, 0.29) is 12.2 Å². The monoisotopic (exact) mass is 307 g/mol. The van der Waals surface area contributed by atoms with Gasteiger partial charge in [-0.2, -0.15) is 0 Å². The Morgan fingerprint density at radius 2 is 2.05 bits per heavy atom. The van der Waals surface area contributed by atoms with Crippen LogP contribution < -0.4 is 10.1 Å². The van der Waals surface area contributed by atoms with E-state index in [4.69, 9.17) is 0 Å². The van der Waals surface area contributed by atoms with E-state index in [1.165, 1.54) is 0 Å². The average Bonchev–Trinajstić information content (AvgIpc) is 2.27. The van der Waals surface area contributed by atoms with Crippen molar-refractivity contribution >= 4 is 17.3 Å². The largest absolute Gasteiger partial charge is 0.573 e. The fourth-order valence-electron chi connectivity index (χ4n) is 1.44. The van der Waals surface area contributed by atoms with Crippen molar-refractivity contribution in [2.75, 3.05) is 26.0 Å². The highest BCUT2D eigenvalue weighted by molar-refractivity contribution is 5.92. The zero-order valence-electron chi connectivity index (χ0n) is 11.1. The number of benzene rings is 1. The molecule has 0 aliphatic carbocycles. The summed E-state index contributed by atoms with van der Waals surface area (Å²) in [5.41, 5.74) is -0.891. The number of alkyl halides is 3. The van der Waals surface area contributed by atoms with Crippen LogP contribution in [0.3, 0.4) is 0 Å². The normalized spacial score (nSPS) is 11.3. The third kappa shape index (κ3) is 5.65. The lowest BCUT2D eigenvalue weighted by atomic mass is 10.2. The smallest absolute Gasteiger partial charge is 0.398 e. The Hall–Kier alpha value is -2.36. The van der Waals surface area contributed by atoms with Crippen LogP contribution in [0.2, 0.25) is 0 Å². The van der Waals surface area contributed by atoms with Crippen LogP contribution in [0.15, 0.2) is 18.2 Å². The lowest BCUT2D eigenvalue weighted by molar-refractivity contribution is -0.388. The molecule has 0 saturated carbocycles. The first-order valence-electron chi connectivity index (χ1n) is 5.57. The molecule has 21 heavy (non-hydrogen) atoms. The van der Waals surface area contributed by atoms with Crippen molar-refractivity contribution in [1.29, 1.82) is 0 Å². The van der Waals surface area contributed by atoms with Gasteiger partial charge in [0, 0.05) is 11.8 Å². The van der Waals surface area contributed by atoms with E-state index in [1.807, 2.05) is 0 Å². The first-order valence-corrected chi connectivity index (χ1v) is 5.57. The molecule has 0 heterocycles. The number of nitrogens with zero attached hydrogens (tertiary/aromatic N) is 2. The molecule has 1 aromatic rings. The summed E-state index contributed by atoms with van der Waals surface area (Å²) in [5.74, 6) is -1.41. The number of nitro benzene ring substituents is 1. The molecule has 116 valence electrons. The number of nitrogens with one attached hydrogen (secondary N) is 1. The highest BCUT2D eigenvalue weighted by Crippen LogP contribution is 2.34. The molecule has 0 spiro atoms.